The molecule has 28 N–H and O–H groups in total. The van der Waals surface area contributed by atoms with Gasteiger partial charge in [0.05, 0.1) is 87.8 Å². The zero-order valence-electron chi connectivity index (χ0n) is 67.6. The highest BCUT2D eigenvalue weighted by Gasteiger charge is 2.62. The number of carbonyl (C=O) groups excluding carboxylic acids is 7. The molecule has 0 aromatic heterocycles. The minimum atomic E-state index is -3.01. The van der Waals surface area contributed by atoms with Crippen LogP contribution in [0.25, 0.3) is 0 Å². The van der Waals surface area contributed by atoms with Crippen molar-refractivity contribution in [2.75, 3.05) is 51.9 Å². The Bertz CT molecular complexity index is 3520. The van der Waals surface area contributed by atoms with Gasteiger partial charge in [-0.25, -0.2) is 9.59 Å². The van der Waals surface area contributed by atoms with Crippen LogP contribution in [-0.2, 0) is 114 Å². The predicted molar refractivity (Wildman–Crippen MR) is 395 cm³/mol. The average Bonchev–Trinajstić information content (AvgIpc) is 0.761. The summed E-state index contributed by atoms with van der Waals surface area (Å²) in [7, 11) is 0. The zero-order valence-corrected chi connectivity index (χ0v) is 68.5. The molecule has 0 saturated carbocycles. The lowest BCUT2D eigenvalue weighted by molar-refractivity contribution is -0.379. The molecule has 41 atom stereocenters. The lowest BCUT2D eigenvalue weighted by atomic mass is 9.81. The standard InChI is InChI=1S/C70H115N7O45S/c1-21(80)38(72-24(4)83)30-12-68(107,20-71-23(3)82)19-70(121-30,67(105)106)111-18-36-45(92)50(97)52(99)62(115-36)108-15-33-43(90)51(98)54(101)64(116-33)119-58-42(76-28(8)87)61(113-32(14-79)47(58)94)120-59-48(95)34(117-65(55(59)102)118-57-41(75-27(7)86)60(77-37(89)9-10-123)112-31(13-78)46(57)93)16-109-63-53(100)49(96)44(91)35(114-63)17-110-69(66(103)104)11-29(88)40(74-26(6)85)56(122-69)39(22(2)81)73-25(5)84/h21-22,29-36,38-65,78-81,88,90-102,107,123H,9-20H2,1-8H3,(H,71,82)(H,72,83)(H,73,84)(H,74,85)(H,75,86)(H,76,87)(H,77,89)(H,103,104)(H,105,106)/t21-,22-,29?,30?,31?,32?,33?,34?,35?,36?,38-,39-,40-,41?,42?,43-,44+,45+,46-,47-,48-,49?,50?,51?,52?,53?,54?,55?,56?,57?,58?,59?,60+,61-,62+,63+,64-,65-,68?,69-,70-/m0/s1. The SMILES string of the molecule is CC(=O)NCC1(O)CC([C@@H](NC(C)=O)[C@H](C)O)O[C@](OCC2O[C@@H](OCC3O[C@@H](OC4C(NC(C)=O)[C@H](OC5C(O)[C@H](OC6C(NC(C)=O)[C@H](NC(=O)CCS)OC(CO)[C@@H]6O)OC(CO[C@@H]6OC(CO[C@@]7(C(=O)O)CC(O)[C@H](NC(C)=O)C([C@@H](NC(C)=O)[C@H](C)O)O7)[C@@H](O)C(O)C6O)[C@@H]5O)OC(CO)[C@@H]4O)C(O)C(O)[C@H]3O)C(O)C(O)[C@@H]2O)(C(=O)O)C1. The van der Waals surface area contributed by atoms with Gasteiger partial charge in [-0.05, 0) is 19.6 Å². The first-order valence-electron chi connectivity index (χ1n) is 39.1. The number of aliphatic hydroxyl groups excluding tert-OH is 18. The molecule has 8 rings (SSSR count). The normalized spacial score (nSPS) is 42.6. The number of aliphatic hydroxyl groups is 19. The Kier molecular flexibility index (Phi) is 36.7. The van der Waals surface area contributed by atoms with Crippen LogP contribution in [0.1, 0.15) is 81.1 Å². The molecule has 706 valence electrons. The van der Waals surface area contributed by atoms with Crippen molar-refractivity contribution in [1.29, 1.82) is 0 Å². The molecule has 8 aliphatic rings. The van der Waals surface area contributed by atoms with Crippen LogP contribution in [0, 0.1) is 0 Å². The van der Waals surface area contributed by atoms with Crippen molar-refractivity contribution >= 4 is 65.9 Å². The van der Waals surface area contributed by atoms with Gasteiger partial charge >= 0.3 is 11.9 Å². The average molecular weight is 1810 g/mol. The summed E-state index contributed by atoms with van der Waals surface area (Å²) >= 11 is 4.06. The largest absolute Gasteiger partial charge is 0.477 e. The summed E-state index contributed by atoms with van der Waals surface area (Å²) in [6.45, 7) is 1.01. The number of hydrogen-bond acceptors (Lipinski definition) is 44. The van der Waals surface area contributed by atoms with Crippen LogP contribution in [0.2, 0.25) is 0 Å². The first kappa shape index (κ1) is 103. The molecule has 8 saturated heterocycles. The number of carbonyl (C=O) groups is 9. The maximum absolute atomic E-state index is 13.4. The van der Waals surface area contributed by atoms with Gasteiger partial charge < -0.3 is 216 Å². The van der Waals surface area contributed by atoms with Gasteiger partial charge in [-0.3, -0.25) is 33.6 Å². The number of amides is 7. The van der Waals surface area contributed by atoms with E-state index >= 15 is 0 Å². The van der Waals surface area contributed by atoms with E-state index in [-0.39, 0.29) is 12.2 Å². The van der Waals surface area contributed by atoms with Crippen molar-refractivity contribution in [2.24, 2.45) is 0 Å². The number of rotatable bonds is 36. The molecular weight excluding hydrogens is 1690 g/mol. The van der Waals surface area contributed by atoms with Crippen molar-refractivity contribution < 1.29 is 221 Å². The molecule has 7 amide bonds. The van der Waals surface area contributed by atoms with Gasteiger partial charge in [-0.15, -0.1) is 0 Å². The molecule has 52 nitrogen and oxygen atoms in total. The Hall–Kier alpha value is -5.78. The van der Waals surface area contributed by atoms with Crippen molar-refractivity contribution in [3.05, 3.63) is 0 Å². The molecule has 0 aromatic rings. The van der Waals surface area contributed by atoms with Gasteiger partial charge in [0, 0.05) is 73.8 Å². The number of ether oxygens (including phenoxy) is 15. The number of thiol groups is 1. The quantitative estimate of drug-likeness (QED) is 0.0259. The minimum Gasteiger partial charge on any atom is -0.477 e. The number of aliphatic carboxylic acids is 2. The molecule has 0 bridgehead atoms. The van der Waals surface area contributed by atoms with Crippen LogP contribution in [0.5, 0.6) is 0 Å². The maximum atomic E-state index is 13.4. The van der Waals surface area contributed by atoms with Crippen LogP contribution in [0.3, 0.4) is 0 Å². The summed E-state index contributed by atoms with van der Waals surface area (Å²) < 4.78 is 88.9. The Morgan fingerprint density at radius 3 is 1.30 bits per heavy atom. The van der Waals surface area contributed by atoms with E-state index in [1.807, 2.05) is 0 Å². The molecule has 22 unspecified atom stereocenters. The third kappa shape index (κ3) is 24.8. The highest BCUT2D eigenvalue weighted by atomic mass is 32.1. The molecule has 0 aromatic carbocycles. The van der Waals surface area contributed by atoms with E-state index in [2.05, 4.69) is 49.8 Å². The summed E-state index contributed by atoms with van der Waals surface area (Å²) in [6, 6.07) is -8.32. The monoisotopic (exact) mass is 1810 g/mol. The van der Waals surface area contributed by atoms with E-state index in [4.69, 9.17) is 71.1 Å². The maximum Gasteiger partial charge on any atom is 0.364 e. The van der Waals surface area contributed by atoms with Crippen LogP contribution in [0.15, 0.2) is 0 Å². The molecule has 0 aliphatic carbocycles. The number of carboxylic acid groups (broad SMARTS) is 2. The van der Waals surface area contributed by atoms with Gasteiger partial charge in [0.15, 0.2) is 37.7 Å². The van der Waals surface area contributed by atoms with Crippen LogP contribution >= 0.6 is 12.6 Å². The number of nitrogens with one attached hydrogen (secondary N) is 7. The van der Waals surface area contributed by atoms with Crippen molar-refractivity contribution in [2.45, 2.75) is 331 Å². The second kappa shape index (κ2) is 44.0. The third-order valence-corrected chi connectivity index (χ3v) is 22.0. The first-order chi connectivity index (χ1) is 57.6. The summed E-state index contributed by atoms with van der Waals surface area (Å²) in [5.74, 6) is -15.6. The fourth-order valence-corrected chi connectivity index (χ4v) is 15.7. The summed E-state index contributed by atoms with van der Waals surface area (Å²) in [5, 5.41) is 255. The lowest BCUT2D eigenvalue weighted by Crippen LogP contribution is -2.71. The van der Waals surface area contributed by atoms with Crippen molar-refractivity contribution in [1.82, 2.24) is 37.2 Å². The second-order valence-corrected chi connectivity index (χ2v) is 31.9. The van der Waals surface area contributed by atoms with Gasteiger partial charge in [0.2, 0.25) is 41.4 Å². The summed E-state index contributed by atoms with van der Waals surface area (Å²) in [5.41, 5.74) is -2.23. The van der Waals surface area contributed by atoms with E-state index in [1.54, 1.807) is 0 Å². The van der Waals surface area contributed by atoms with Crippen LogP contribution < -0.4 is 37.2 Å². The summed E-state index contributed by atoms with van der Waals surface area (Å²) in [4.78, 5) is 115. The van der Waals surface area contributed by atoms with Gasteiger partial charge in [-0.1, -0.05) is 0 Å². The van der Waals surface area contributed by atoms with Gasteiger partial charge in [0.25, 0.3) is 11.6 Å². The molecule has 8 aliphatic heterocycles. The highest BCUT2D eigenvalue weighted by molar-refractivity contribution is 7.80. The van der Waals surface area contributed by atoms with E-state index in [0.717, 1.165) is 48.5 Å². The zero-order chi connectivity index (χ0) is 91.7. The van der Waals surface area contributed by atoms with Crippen LogP contribution in [0.4, 0.5) is 0 Å². The minimum absolute atomic E-state index is 0.0342. The fraction of sp³-hybridized carbons (Fsp3) is 0.871. The van der Waals surface area contributed by atoms with Gasteiger partial charge in [-0.2, -0.15) is 12.6 Å². The topological polar surface area (TPSA) is 801 Å². The van der Waals surface area contributed by atoms with E-state index in [1.165, 1.54) is 6.92 Å². The Labute approximate surface area is 705 Å². The highest BCUT2D eigenvalue weighted by Crippen LogP contribution is 2.42. The Morgan fingerprint density at radius 1 is 0.431 bits per heavy atom. The Morgan fingerprint density at radius 2 is 0.837 bits per heavy atom. The van der Waals surface area contributed by atoms with E-state index < -0.39 is 369 Å². The van der Waals surface area contributed by atoms with Crippen molar-refractivity contribution in [3.63, 3.8) is 0 Å². The molecule has 8 heterocycles. The predicted octanol–water partition coefficient (Wildman–Crippen LogP) is -16.3. The molecular formula is C70H115N7O45S. The van der Waals surface area contributed by atoms with E-state index in [0.29, 0.717) is 0 Å². The smallest absolute Gasteiger partial charge is 0.364 e. The molecule has 123 heavy (non-hydrogen) atoms. The molecule has 0 spiro atoms. The first-order valence-corrected chi connectivity index (χ1v) is 39.8. The number of carboxylic acids is 2. The fourth-order valence-electron chi connectivity index (χ4n) is 15.5. The second-order valence-electron chi connectivity index (χ2n) is 31.4. The van der Waals surface area contributed by atoms with Crippen molar-refractivity contribution in [3.8, 4) is 0 Å². The summed E-state index contributed by atoms with van der Waals surface area (Å²) in [6.07, 6.45) is -72.4. The van der Waals surface area contributed by atoms with Gasteiger partial charge in [0.1, 0.15) is 152 Å². The molecule has 0 radical (unpaired) electrons. The Balaban J connectivity index is 1.07. The number of hydrogen-bond donors (Lipinski definition) is 29. The molecule has 53 heteroatoms. The van der Waals surface area contributed by atoms with Crippen LogP contribution in [-0.4, -0.2) is 462 Å². The van der Waals surface area contributed by atoms with E-state index in [9.17, 15) is 150 Å². The lowest BCUT2D eigenvalue weighted by Gasteiger charge is -2.51. The molecule has 8 fully saturated rings. The third-order valence-electron chi connectivity index (χ3n) is 21.7.